The third-order valence-electron chi connectivity index (χ3n) is 3.82. The standard InChI is InChI=1S/C18H15N5O4S/c1-11(24)12-4-3-5-14(8-12)20-17(25)13-6-7-16(15(9-13)23(26)27)28-18-21-19-10-22(18)2/h3-10H,1-2H3,(H,20,25). The van der Waals surface area contributed by atoms with Crippen LogP contribution in [-0.2, 0) is 7.05 Å². The van der Waals surface area contributed by atoms with Crippen molar-refractivity contribution in [3.8, 4) is 0 Å². The third-order valence-corrected chi connectivity index (χ3v) is 4.93. The van der Waals surface area contributed by atoms with Gasteiger partial charge in [0.1, 0.15) is 6.33 Å². The van der Waals surface area contributed by atoms with Crippen LogP contribution < -0.4 is 5.32 Å². The Kier molecular flexibility index (Phi) is 5.50. The van der Waals surface area contributed by atoms with E-state index in [9.17, 15) is 19.7 Å². The van der Waals surface area contributed by atoms with E-state index in [1.165, 1.54) is 31.5 Å². The Hall–Kier alpha value is -3.53. The van der Waals surface area contributed by atoms with E-state index in [1.807, 2.05) is 0 Å². The minimum Gasteiger partial charge on any atom is -0.322 e. The molecule has 1 aromatic heterocycles. The van der Waals surface area contributed by atoms with Crippen LogP contribution in [0.3, 0.4) is 0 Å². The van der Waals surface area contributed by atoms with Gasteiger partial charge in [0, 0.05) is 29.9 Å². The maximum atomic E-state index is 12.5. The molecule has 0 aliphatic carbocycles. The molecule has 0 unspecified atom stereocenters. The number of carbonyl (C=O) groups is 2. The Morgan fingerprint density at radius 3 is 2.61 bits per heavy atom. The van der Waals surface area contributed by atoms with Crippen molar-refractivity contribution in [3.05, 3.63) is 70.0 Å². The molecule has 3 aromatic rings. The highest BCUT2D eigenvalue weighted by Gasteiger charge is 2.20. The molecular weight excluding hydrogens is 382 g/mol. The summed E-state index contributed by atoms with van der Waals surface area (Å²) < 4.78 is 1.64. The monoisotopic (exact) mass is 397 g/mol. The van der Waals surface area contributed by atoms with E-state index in [1.54, 1.807) is 35.9 Å². The molecule has 142 valence electrons. The predicted molar refractivity (Wildman–Crippen MR) is 103 cm³/mol. The number of amides is 1. The van der Waals surface area contributed by atoms with Crippen molar-refractivity contribution in [2.24, 2.45) is 7.05 Å². The molecule has 1 amide bonds. The first kappa shape index (κ1) is 19.2. The van der Waals surface area contributed by atoms with E-state index in [0.29, 0.717) is 21.3 Å². The maximum absolute atomic E-state index is 12.5. The summed E-state index contributed by atoms with van der Waals surface area (Å²) in [4.78, 5) is 35.2. The molecule has 0 saturated carbocycles. The van der Waals surface area contributed by atoms with Crippen molar-refractivity contribution in [1.29, 1.82) is 0 Å². The van der Waals surface area contributed by atoms with Gasteiger partial charge in [0.25, 0.3) is 11.6 Å². The van der Waals surface area contributed by atoms with E-state index in [-0.39, 0.29) is 17.0 Å². The highest BCUT2D eigenvalue weighted by Crippen LogP contribution is 2.34. The van der Waals surface area contributed by atoms with Gasteiger partial charge in [-0.2, -0.15) is 0 Å². The fourth-order valence-corrected chi connectivity index (χ4v) is 3.22. The van der Waals surface area contributed by atoms with Crippen LogP contribution >= 0.6 is 11.8 Å². The van der Waals surface area contributed by atoms with Gasteiger partial charge in [-0.15, -0.1) is 10.2 Å². The van der Waals surface area contributed by atoms with Gasteiger partial charge in [0.2, 0.25) is 0 Å². The molecule has 9 nitrogen and oxygen atoms in total. The van der Waals surface area contributed by atoms with E-state index in [4.69, 9.17) is 0 Å². The molecule has 0 spiro atoms. The summed E-state index contributed by atoms with van der Waals surface area (Å²) in [6, 6.07) is 10.7. The maximum Gasteiger partial charge on any atom is 0.284 e. The largest absolute Gasteiger partial charge is 0.322 e. The lowest BCUT2D eigenvalue weighted by Crippen LogP contribution is -2.12. The number of Topliss-reactive ketones (excluding diaryl/α,β-unsaturated/α-hetero) is 1. The summed E-state index contributed by atoms with van der Waals surface area (Å²) in [5.74, 6) is -0.643. The van der Waals surface area contributed by atoms with Crippen LogP contribution in [0.5, 0.6) is 0 Å². The highest BCUT2D eigenvalue weighted by molar-refractivity contribution is 7.99. The van der Waals surface area contributed by atoms with Crippen LogP contribution in [0, 0.1) is 10.1 Å². The lowest BCUT2D eigenvalue weighted by atomic mass is 10.1. The summed E-state index contributed by atoms with van der Waals surface area (Å²) in [5.41, 5.74) is 0.803. The van der Waals surface area contributed by atoms with Crippen LogP contribution in [0.25, 0.3) is 0 Å². The van der Waals surface area contributed by atoms with Gasteiger partial charge >= 0.3 is 0 Å². The Labute approximate surface area is 163 Å². The average Bonchev–Trinajstić information content (AvgIpc) is 3.06. The zero-order valence-electron chi connectivity index (χ0n) is 14.9. The van der Waals surface area contributed by atoms with Crippen LogP contribution in [0.4, 0.5) is 11.4 Å². The van der Waals surface area contributed by atoms with Gasteiger partial charge in [0.15, 0.2) is 10.9 Å². The zero-order valence-corrected chi connectivity index (χ0v) is 15.8. The fourth-order valence-electron chi connectivity index (χ4n) is 2.37. The first-order valence-corrected chi connectivity index (χ1v) is 8.89. The molecule has 0 saturated heterocycles. The summed E-state index contributed by atoms with van der Waals surface area (Å²) in [5, 5.41) is 22.2. The van der Waals surface area contributed by atoms with Gasteiger partial charge in [0.05, 0.1) is 9.82 Å². The van der Waals surface area contributed by atoms with Gasteiger partial charge in [-0.05, 0) is 43.0 Å². The minimum atomic E-state index is -0.550. The van der Waals surface area contributed by atoms with E-state index >= 15 is 0 Å². The second-order valence-electron chi connectivity index (χ2n) is 5.86. The molecule has 0 aliphatic heterocycles. The fraction of sp³-hybridized carbons (Fsp3) is 0.111. The van der Waals surface area contributed by atoms with Crippen molar-refractivity contribution in [3.63, 3.8) is 0 Å². The first-order chi connectivity index (χ1) is 13.3. The number of carbonyl (C=O) groups excluding carboxylic acids is 2. The van der Waals surface area contributed by atoms with Crippen LogP contribution in [-0.4, -0.2) is 31.4 Å². The molecule has 0 fully saturated rings. The SMILES string of the molecule is CC(=O)c1cccc(NC(=O)c2ccc(Sc3nncn3C)c([N+](=O)[O-])c2)c1. The number of nitrogens with zero attached hydrogens (tertiary/aromatic N) is 4. The Morgan fingerprint density at radius 2 is 1.96 bits per heavy atom. The smallest absolute Gasteiger partial charge is 0.284 e. The summed E-state index contributed by atoms with van der Waals surface area (Å²) in [6.45, 7) is 1.43. The summed E-state index contributed by atoms with van der Waals surface area (Å²) in [7, 11) is 1.73. The summed E-state index contributed by atoms with van der Waals surface area (Å²) in [6.07, 6.45) is 1.49. The molecule has 0 radical (unpaired) electrons. The van der Waals surface area contributed by atoms with Crippen LogP contribution in [0.1, 0.15) is 27.6 Å². The van der Waals surface area contributed by atoms with Crippen molar-refractivity contribution in [1.82, 2.24) is 14.8 Å². The van der Waals surface area contributed by atoms with Crippen LogP contribution in [0.2, 0.25) is 0 Å². The number of hydrogen-bond acceptors (Lipinski definition) is 7. The van der Waals surface area contributed by atoms with Gasteiger partial charge < -0.3 is 9.88 Å². The van der Waals surface area contributed by atoms with Crippen molar-refractivity contribution in [2.45, 2.75) is 17.0 Å². The van der Waals surface area contributed by atoms with Crippen molar-refractivity contribution < 1.29 is 14.5 Å². The van der Waals surface area contributed by atoms with Gasteiger partial charge in [-0.25, -0.2) is 0 Å². The number of anilines is 1. The molecule has 10 heteroatoms. The number of aromatic nitrogens is 3. The van der Waals surface area contributed by atoms with Gasteiger partial charge in [-0.1, -0.05) is 12.1 Å². The third kappa shape index (κ3) is 4.23. The predicted octanol–water partition coefficient (Wildman–Crippen LogP) is 3.33. The lowest BCUT2D eigenvalue weighted by molar-refractivity contribution is -0.387. The minimum absolute atomic E-state index is 0.127. The molecule has 28 heavy (non-hydrogen) atoms. The number of hydrogen-bond donors (Lipinski definition) is 1. The van der Waals surface area contributed by atoms with Crippen molar-refractivity contribution in [2.75, 3.05) is 5.32 Å². The second kappa shape index (κ2) is 8.01. The Morgan fingerprint density at radius 1 is 1.18 bits per heavy atom. The molecule has 1 heterocycles. The number of ketones is 1. The number of rotatable bonds is 6. The number of nitro groups is 1. The number of nitro benzene ring substituents is 1. The first-order valence-electron chi connectivity index (χ1n) is 8.08. The molecule has 2 aromatic carbocycles. The zero-order chi connectivity index (χ0) is 20.3. The molecule has 1 N–H and O–H groups in total. The second-order valence-corrected chi connectivity index (χ2v) is 6.87. The number of aryl methyl sites for hydroxylation is 1. The number of benzene rings is 2. The molecule has 0 aliphatic rings. The number of nitrogens with one attached hydrogen (secondary N) is 1. The molecule has 0 atom stereocenters. The highest BCUT2D eigenvalue weighted by atomic mass is 32.2. The van der Waals surface area contributed by atoms with Gasteiger partial charge in [-0.3, -0.25) is 19.7 Å². The average molecular weight is 397 g/mol. The van der Waals surface area contributed by atoms with E-state index in [2.05, 4.69) is 15.5 Å². The lowest BCUT2D eigenvalue weighted by Gasteiger charge is -2.08. The van der Waals surface area contributed by atoms with Crippen molar-refractivity contribution >= 4 is 34.8 Å². The van der Waals surface area contributed by atoms with E-state index < -0.39 is 10.8 Å². The Balaban J connectivity index is 1.86. The van der Waals surface area contributed by atoms with E-state index in [0.717, 1.165) is 11.8 Å². The van der Waals surface area contributed by atoms with Crippen LogP contribution in [0.15, 0.2) is 58.8 Å². The molecule has 0 bridgehead atoms. The molecular formula is C18H15N5O4S. The Bertz CT molecular complexity index is 1080. The normalized spacial score (nSPS) is 10.5. The topological polar surface area (TPSA) is 120 Å². The molecule has 3 rings (SSSR count). The quantitative estimate of drug-likeness (QED) is 0.385. The summed E-state index contributed by atoms with van der Waals surface area (Å²) >= 11 is 1.08.